The first-order valence-corrected chi connectivity index (χ1v) is 8.83. The van der Waals surface area contributed by atoms with Crippen molar-refractivity contribution < 1.29 is 13.7 Å². The quantitative estimate of drug-likeness (QED) is 0.846. The van der Waals surface area contributed by atoms with Crippen LogP contribution in [0.5, 0.6) is 0 Å². The molecule has 1 fully saturated rings. The molecule has 23 heavy (non-hydrogen) atoms. The Morgan fingerprint density at radius 3 is 2.96 bits per heavy atom. The first-order valence-electron chi connectivity index (χ1n) is 7.51. The third-order valence-electron chi connectivity index (χ3n) is 3.42. The molecule has 0 aliphatic carbocycles. The molecule has 2 rings (SSSR count). The van der Waals surface area contributed by atoms with Gasteiger partial charge in [-0.15, -0.1) is 0 Å². The van der Waals surface area contributed by atoms with Gasteiger partial charge >= 0.3 is 6.09 Å². The molecule has 0 aromatic carbocycles. The van der Waals surface area contributed by atoms with Crippen molar-refractivity contribution in [2.75, 3.05) is 18.8 Å². The largest absolute Gasteiger partial charge is 0.444 e. The molecule has 2 heterocycles. The zero-order valence-corrected chi connectivity index (χ0v) is 14.4. The van der Waals surface area contributed by atoms with Crippen LogP contribution in [0.25, 0.3) is 0 Å². The van der Waals surface area contributed by atoms with Crippen LogP contribution in [0.4, 0.5) is 4.79 Å². The van der Waals surface area contributed by atoms with E-state index in [1.807, 2.05) is 26.8 Å². The van der Waals surface area contributed by atoms with Crippen LogP contribution in [-0.2, 0) is 15.5 Å². The monoisotopic (exact) mass is 335 g/mol. The molecule has 1 aliphatic heterocycles. The van der Waals surface area contributed by atoms with Crippen LogP contribution in [0.3, 0.4) is 0 Å². The SMILES string of the molecule is CC(C)(C)OC(=O)N1CCC(CS(=O)c2cc(C#N)ccn2)C1. The summed E-state index contributed by atoms with van der Waals surface area (Å²) in [6.07, 6.45) is 1.96. The van der Waals surface area contributed by atoms with Gasteiger partial charge in [0.1, 0.15) is 10.6 Å². The molecule has 1 aliphatic rings. The fourth-order valence-corrected chi connectivity index (χ4v) is 3.67. The Morgan fingerprint density at radius 1 is 1.57 bits per heavy atom. The lowest BCUT2D eigenvalue weighted by Gasteiger charge is -2.24. The first kappa shape index (κ1) is 17.4. The molecule has 0 N–H and O–H groups in total. The standard InChI is InChI=1S/C16H21N3O3S/c1-16(2,3)22-15(20)19-7-5-13(10-19)11-23(21)14-8-12(9-17)4-6-18-14/h4,6,8,13H,5,7,10-11H2,1-3H3. The van der Waals surface area contributed by atoms with E-state index < -0.39 is 16.4 Å². The van der Waals surface area contributed by atoms with Gasteiger partial charge in [0.25, 0.3) is 0 Å². The third kappa shape index (κ3) is 5.03. The number of likely N-dealkylation sites (tertiary alicyclic amines) is 1. The number of ether oxygens (including phenoxy) is 1. The number of amides is 1. The van der Waals surface area contributed by atoms with E-state index in [0.29, 0.717) is 29.4 Å². The molecule has 2 atom stereocenters. The fraction of sp³-hybridized carbons (Fsp3) is 0.562. The van der Waals surface area contributed by atoms with Gasteiger partial charge in [0, 0.05) is 25.0 Å². The number of rotatable bonds is 3. The lowest BCUT2D eigenvalue weighted by atomic mass is 10.2. The molecule has 124 valence electrons. The fourth-order valence-electron chi connectivity index (χ4n) is 2.36. The van der Waals surface area contributed by atoms with E-state index in [2.05, 4.69) is 4.98 Å². The highest BCUT2D eigenvalue weighted by Gasteiger charge is 2.30. The van der Waals surface area contributed by atoms with Gasteiger partial charge in [-0.3, -0.25) is 4.21 Å². The zero-order valence-electron chi connectivity index (χ0n) is 13.6. The van der Waals surface area contributed by atoms with Gasteiger partial charge in [-0.05, 0) is 45.2 Å². The first-order chi connectivity index (χ1) is 10.8. The van der Waals surface area contributed by atoms with Gasteiger partial charge < -0.3 is 9.64 Å². The second-order valence-electron chi connectivity index (χ2n) is 6.59. The van der Waals surface area contributed by atoms with Crippen molar-refractivity contribution in [1.82, 2.24) is 9.88 Å². The number of hydrogen-bond acceptors (Lipinski definition) is 5. The minimum Gasteiger partial charge on any atom is -0.444 e. The lowest BCUT2D eigenvalue weighted by Crippen LogP contribution is -2.35. The molecule has 1 amide bonds. The Bertz CT molecular complexity index is 649. The van der Waals surface area contributed by atoms with Crippen LogP contribution in [0.1, 0.15) is 32.8 Å². The van der Waals surface area contributed by atoms with Crippen LogP contribution in [0, 0.1) is 17.2 Å². The van der Waals surface area contributed by atoms with Gasteiger partial charge in [0.05, 0.1) is 22.4 Å². The summed E-state index contributed by atoms with van der Waals surface area (Å²) in [5, 5.41) is 9.30. The van der Waals surface area contributed by atoms with E-state index in [1.165, 1.54) is 6.20 Å². The molecule has 1 saturated heterocycles. The highest BCUT2D eigenvalue weighted by atomic mass is 32.2. The Morgan fingerprint density at radius 2 is 2.30 bits per heavy atom. The Labute approximate surface area is 138 Å². The van der Waals surface area contributed by atoms with E-state index >= 15 is 0 Å². The summed E-state index contributed by atoms with van der Waals surface area (Å²) in [4.78, 5) is 17.8. The predicted molar refractivity (Wildman–Crippen MR) is 86.1 cm³/mol. The highest BCUT2D eigenvalue weighted by molar-refractivity contribution is 7.84. The average molecular weight is 335 g/mol. The number of nitriles is 1. The number of nitrogens with zero attached hydrogens (tertiary/aromatic N) is 3. The second kappa shape index (κ2) is 7.09. The summed E-state index contributed by atoms with van der Waals surface area (Å²) >= 11 is 0. The molecule has 0 spiro atoms. The van der Waals surface area contributed by atoms with Crippen molar-refractivity contribution in [3.05, 3.63) is 23.9 Å². The molecule has 0 radical (unpaired) electrons. The van der Waals surface area contributed by atoms with E-state index in [1.54, 1.807) is 17.0 Å². The molecule has 0 bridgehead atoms. The summed E-state index contributed by atoms with van der Waals surface area (Å²) < 4.78 is 17.7. The number of carbonyl (C=O) groups is 1. The minimum absolute atomic E-state index is 0.149. The maximum absolute atomic E-state index is 12.4. The zero-order chi connectivity index (χ0) is 17.0. The topological polar surface area (TPSA) is 83.3 Å². The third-order valence-corrected chi connectivity index (χ3v) is 4.89. The van der Waals surface area contributed by atoms with Gasteiger partial charge in [0.15, 0.2) is 0 Å². The normalized spacial score (nSPS) is 19.2. The van der Waals surface area contributed by atoms with Crippen molar-refractivity contribution in [2.24, 2.45) is 5.92 Å². The molecular formula is C16H21N3O3S. The smallest absolute Gasteiger partial charge is 0.410 e. The summed E-state index contributed by atoms with van der Waals surface area (Å²) in [7, 11) is -1.27. The average Bonchev–Trinajstić information content (AvgIpc) is 2.94. The Hall–Kier alpha value is -1.94. The summed E-state index contributed by atoms with van der Waals surface area (Å²) in [6, 6.07) is 5.15. The Kier molecular flexibility index (Phi) is 5.37. The van der Waals surface area contributed by atoms with E-state index in [0.717, 1.165) is 6.42 Å². The molecule has 1 aromatic heterocycles. The van der Waals surface area contributed by atoms with Crippen molar-refractivity contribution in [2.45, 2.75) is 37.8 Å². The van der Waals surface area contributed by atoms with E-state index in [9.17, 15) is 9.00 Å². The number of pyridine rings is 1. The maximum Gasteiger partial charge on any atom is 0.410 e. The molecule has 1 aromatic rings. The predicted octanol–water partition coefficient (Wildman–Crippen LogP) is 2.32. The second-order valence-corrected chi connectivity index (χ2v) is 8.03. The molecule has 0 saturated carbocycles. The van der Waals surface area contributed by atoms with Crippen molar-refractivity contribution >= 4 is 16.9 Å². The van der Waals surface area contributed by atoms with Crippen LogP contribution < -0.4 is 0 Å². The van der Waals surface area contributed by atoms with Gasteiger partial charge in [-0.1, -0.05) is 0 Å². The van der Waals surface area contributed by atoms with E-state index in [4.69, 9.17) is 10.00 Å². The summed E-state index contributed by atoms with van der Waals surface area (Å²) in [5.74, 6) is 0.581. The van der Waals surface area contributed by atoms with Gasteiger partial charge in [-0.2, -0.15) is 5.26 Å². The van der Waals surface area contributed by atoms with Gasteiger partial charge in [-0.25, -0.2) is 9.78 Å². The van der Waals surface area contributed by atoms with Crippen LogP contribution in [0.2, 0.25) is 0 Å². The number of carbonyl (C=O) groups excluding carboxylic acids is 1. The molecule has 6 nitrogen and oxygen atoms in total. The highest BCUT2D eigenvalue weighted by Crippen LogP contribution is 2.21. The van der Waals surface area contributed by atoms with Crippen LogP contribution in [0.15, 0.2) is 23.4 Å². The van der Waals surface area contributed by atoms with E-state index in [-0.39, 0.29) is 12.0 Å². The minimum atomic E-state index is -1.27. The molecule has 7 heteroatoms. The lowest BCUT2D eigenvalue weighted by molar-refractivity contribution is 0.0289. The summed E-state index contributed by atoms with van der Waals surface area (Å²) in [5.41, 5.74) is -0.0650. The molecule has 2 unspecified atom stereocenters. The molecular weight excluding hydrogens is 314 g/mol. The maximum atomic E-state index is 12.4. The van der Waals surface area contributed by atoms with Crippen LogP contribution in [-0.4, -0.2) is 44.6 Å². The Balaban J connectivity index is 1.91. The number of hydrogen-bond donors (Lipinski definition) is 0. The van der Waals surface area contributed by atoms with Crippen molar-refractivity contribution in [3.8, 4) is 6.07 Å². The van der Waals surface area contributed by atoms with Crippen LogP contribution >= 0.6 is 0 Å². The van der Waals surface area contributed by atoms with Crippen molar-refractivity contribution in [1.29, 1.82) is 5.26 Å². The number of aromatic nitrogens is 1. The summed E-state index contributed by atoms with van der Waals surface area (Å²) in [6.45, 7) is 6.66. The van der Waals surface area contributed by atoms with Crippen molar-refractivity contribution in [3.63, 3.8) is 0 Å². The van der Waals surface area contributed by atoms with Gasteiger partial charge in [0.2, 0.25) is 0 Å².